The van der Waals surface area contributed by atoms with E-state index in [2.05, 4.69) is 5.32 Å². The van der Waals surface area contributed by atoms with Crippen LogP contribution in [0.4, 0.5) is 5.69 Å². The lowest BCUT2D eigenvalue weighted by Gasteiger charge is -2.02. The van der Waals surface area contributed by atoms with E-state index in [9.17, 15) is 4.79 Å². The number of carbonyl (C=O) groups excluding carboxylic acids is 1. The highest BCUT2D eigenvalue weighted by Crippen LogP contribution is 2.21. The first-order valence-electron chi connectivity index (χ1n) is 5.74. The van der Waals surface area contributed by atoms with Crippen LogP contribution in [0.3, 0.4) is 0 Å². The summed E-state index contributed by atoms with van der Waals surface area (Å²) in [7, 11) is 0. The third-order valence-electron chi connectivity index (χ3n) is 2.52. The second kappa shape index (κ2) is 6.80. The Labute approximate surface area is 132 Å². The molecule has 0 saturated carbocycles. The second-order valence-corrected chi connectivity index (χ2v) is 5.25. The van der Waals surface area contributed by atoms with Crippen molar-refractivity contribution in [2.75, 3.05) is 5.32 Å². The maximum absolute atomic E-state index is 12.0. The van der Waals surface area contributed by atoms with Crippen LogP contribution in [0.15, 0.2) is 54.7 Å². The Morgan fingerprint density at radius 3 is 2.30 bits per heavy atom. The topological polar surface area (TPSA) is 29.1 Å². The van der Waals surface area contributed by atoms with Crippen molar-refractivity contribution >= 4 is 46.3 Å². The summed E-state index contributed by atoms with van der Waals surface area (Å²) in [5.74, 6) is -0.223. The molecule has 0 aliphatic rings. The average molecular weight is 327 g/mol. The third-order valence-corrected chi connectivity index (χ3v) is 3.34. The van der Waals surface area contributed by atoms with Gasteiger partial charge in [0.2, 0.25) is 0 Å². The smallest absolute Gasteiger partial charge is 0.188 e. The van der Waals surface area contributed by atoms with E-state index in [0.29, 0.717) is 20.6 Å². The quantitative estimate of drug-likeness (QED) is 0.597. The minimum atomic E-state index is -0.223. The van der Waals surface area contributed by atoms with Gasteiger partial charge in [0.1, 0.15) is 0 Å². The highest BCUT2D eigenvalue weighted by atomic mass is 35.5. The van der Waals surface area contributed by atoms with Crippen molar-refractivity contribution in [3.63, 3.8) is 0 Å². The minimum Gasteiger partial charge on any atom is -0.362 e. The minimum absolute atomic E-state index is 0.223. The lowest BCUT2D eigenvalue weighted by atomic mass is 10.1. The summed E-state index contributed by atoms with van der Waals surface area (Å²) in [6.07, 6.45) is 2.94. The van der Waals surface area contributed by atoms with E-state index < -0.39 is 0 Å². The zero-order chi connectivity index (χ0) is 14.5. The number of allylic oxidation sites excluding steroid dienone is 1. The van der Waals surface area contributed by atoms with Crippen molar-refractivity contribution in [1.82, 2.24) is 0 Å². The first kappa shape index (κ1) is 14.9. The molecule has 0 aromatic heterocycles. The van der Waals surface area contributed by atoms with Crippen LogP contribution in [-0.4, -0.2) is 5.78 Å². The summed E-state index contributed by atoms with van der Waals surface area (Å²) in [6.45, 7) is 0. The standard InChI is InChI=1S/C15H10Cl3NO/c16-10-1-4-12(5-2-10)19-8-7-15(20)13-9-11(17)3-6-14(13)18/h1-9,19H/b8-7-. The van der Waals surface area contributed by atoms with Crippen molar-refractivity contribution in [3.8, 4) is 0 Å². The highest BCUT2D eigenvalue weighted by Gasteiger charge is 2.07. The van der Waals surface area contributed by atoms with Crippen LogP contribution in [0.5, 0.6) is 0 Å². The molecule has 2 aromatic rings. The molecule has 0 amide bonds. The maximum Gasteiger partial charge on any atom is 0.188 e. The molecule has 20 heavy (non-hydrogen) atoms. The molecule has 0 spiro atoms. The lowest BCUT2D eigenvalue weighted by molar-refractivity contribution is 0.104. The largest absolute Gasteiger partial charge is 0.362 e. The number of hydrogen-bond acceptors (Lipinski definition) is 2. The molecule has 2 aromatic carbocycles. The van der Waals surface area contributed by atoms with Gasteiger partial charge in [-0.3, -0.25) is 4.79 Å². The van der Waals surface area contributed by atoms with Crippen LogP contribution >= 0.6 is 34.8 Å². The summed E-state index contributed by atoms with van der Waals surface area (Å²) in [6, 6.07) is 11.9. The second-order valence-electron chi connectivity index (χ2n) is 3.97. The number of rotatable bonds is 4. The normalized spacial score (nSPS) is 10.8. The fourth-order valence-corrected chi connectivity index (χ4v) is 2.04. The van der Waals surface area contributed by atoms with Crippen LogP contribution in [-0.2, 0) is 0 Å². The van der Waals surface area contributed by atoms with Crippen LogP contribution in [0.1, 0.15) is 10.4 Å². The Morgan fingerprint density at radius 2 is 1.60 bits per heavy atom. The van der Waals surface area contributed by atoms with E-state index in [-0.39, 0.29) is 5.78 Å². The van der Waals surface area contributed by atoms with Crippen molar-refractivity contribution < 1.29 is 4.79 Å². The molecule has 2 nitrogen and oxygen atoms in total. The lowest BCUT2D eigenvalue weighted by Crippen LogP contribution is -1.97. The Balaban J connectivity index is 2.05. The van der Waals surface area contributed by atoms with E-state index in [1.807, 2.05) is 12.1 Å². The predicted molar refractivity (Wildman–Crippen MR) is 85.0 cm³/mol. The van der Waals surface area contributed by atoms with Gasteiger partial charge >= 0.3 is 0 Å². The van der Waals surface area contributed by atoms with Gasteiger partial charge in [0.15, 0.2) is 5.78 Å². The third kappa shape index (κ3) is 4.01. The zero-order valence-electron chi connectivity index (χ0n) is 10.2. The van der Waals surface area contributed by atoms with Crippen molar-refractivity contribution in [2.24, 2.45) is 0 Å². The SMILES string of the molecule is O=C(/C=C\Nc1ccc(Cl)cc1)c1cc(Cl)ccc1Cl. The molecule has 0 aliphatic heterocycles. The van der Waals surface area contributed by atoms with Crippen molar-refractivity contribution in [3.05, 3.63) is 75.4 Å². The molecule has 0 bridgehead atoms. The fourth-order valence-electron chi connectivity index (χ4n) is 1.54. The zero-order valence-corrected chi connectivity index (χ0v) is 12.5. The Kier molecular flexibility index (Phi) is 5.07. The molecule has 0 unspecified atom stereocenters. The number of hydrogen-bond donors (Lipinski definition) is 1. The van der Waals surface area contributed by atoms with E-state index in [0.717, 1.165) is 5.69 Å². The highest BCUT2D eigenvalue weighted by molar-refractivity contribution is 6.36. The van der Waals surface area contributed by atoms with Crippen LogP contribution in [0, 0.1) is 0 Å². The Morgan fingerprint density at radius 1 is 0.950 bits per heavy atom. The van der Waals surface area contributed by atoms with Gasteiger partial charge in [0.25, 0.3) is 0 Å². The average Bonchev–Trinajstić information content (AvgIpc) is 2.43. The van der Waals surface area contributed by atoms with E-state index >= 15 is 0 Å². The summed E-state index contributed by atoms with van der Waals surface area (Å²) >= 11 is 17.6. The molecular weight excluding hydrogens is 317 g/mol. The van der Waals surface area contributed by atoms with E-state index in [1.54, 1.807) is 36.5 Å². The van der Waals surface area contributed by atoms with Crippen LogP contribution in [0.2, 0.25) is 15.1 Å². The van der Waals surface area contributed by atoms with Gasteiger partial charge in [-0.25, -0.2) is 0 Å². The summed E-state index contributed by atoms with van der Waals surface area (Å²) in [4.78, 5) is 12.0. The maximum atomic E-state index is 12.0. The molecule has 0 aliphatic carbocycles. The summed E-state index contributed by atoms with van der Waals surface area (Å²) < 4.78 is 0. The van der Waals surface area contributed by atoms with Gasteiger partial charge in [-0.15, -0.1) is 0 Å². The molecule has 1 N–H and O–H groups in total. The van der Waals surface area contributed by atoms with Gasteiger partial charge in [-0.2, -0.15) is 0 Å². The molecular formula is C15H10Cl3NO. The van der Waals surface area contributed by atoms with Gasteiger partial charge in [-0.05, 0) is 42.5 Å². The summed E-state index contributed by atoms with van der Waals surface area (Å²) in [5.41, 5.74) is 1.20. The predicted octanol–water partition coefficient (Wildman–Crippen LogP) is 5.46. The number of anilines is 1. The fraction of sp³-hybridized carbons (Fsp3) is 0. The first-order valence-corrected chi connectivity index (χ1v) is 6.88. The molecule has 0 saturated heterocycles. The Bertz CT molecular complexity index is 651. The first-order chi connectivity index (χ1) is 9.56. The molecule has 2 rings (SSSR count). The molecule has 5 heteroatoms. The van der Waals surface area contributed by atoms with Gasteiger partial charge < -0.3 is 5.32 Å². The van der Waals surface area contributed by atoms with Crippen molar-refractivity contribution in [1.29, 1.82) is 0 Å². The molecule has 0 heterocycles. The van der Waals surface area contributed by atoms with E-state index in [1.165, 1.54) is 6.08 Å². The molecule has 0 atom stereocenters. The van der Waals surface area contributed by atoms with Crippen molar-refractivity contribution in [2.45, 2.75) is 0 Å². The Hall–Kier alpha value is -1.48. The number of carbonyl (C=O) groups is 1. The monoisotopic (exact) mass is 325 g/mol. The van der Waals surface area contributed by atoms with Crippen LogP contribution in [0.25, 0.3) is 0 Å². The molecule has 102 valence electrons. The number of ketones is 1. The van der Waals surface area contributed by atoms with Crippen LogP contribution < -0.4 is 5.32 Å². The van der Waals surface area contributed by atoms with Gasteiger partial charge in [-0.1, -0.05) is 34.8 Å². The number of halogens is 3. The molecule has 0 radical (unpaired) electrons. The number of benzene rings is 2. The molecule has 0 fully saturated rings. The number of nitrogens with one attached hydrogen (secondary N) is 1. The van der Waals surface area contributed by atoms with Gasteiger partial charge in [0, 0.05) is 33.6 Å². The van der Waals surface area contributed by atoms with E-state index in [4.69, 9.17) is 34.8 Å². The van der Waals surface area contributed by atoms with Gasteiger partial charge in [0.05, 0.1) is 5.02 Å². The summed E-state index contributed by atoms with van der Waals surface area (Å²) in [5, 5.41) is 4.46.